The fourth-order valence-corrected chi connectivity index (χ4v) is 3.58. The van der Waals surface area contributed by atoms with Crippen LogP contribution < -0.4 is 10.9 Å². The van der Waals surface area contributed by atoms with Crippen molar-refractivity contribution in [2.75, 3.05) is 32.0 Å². The van der Waals surface area contributed by atoms with Crippen molar-refractivity contribution in [2.45, 2.75) is 26.9 Å². The normalized spacial score (nSPS) is 11.2. The van der Waals surface area contributed by atoms with Gasteiger partial charge >= 0.3 is 6.18 Å². The highest BCUT2D eigenvalue weighted by atomic mass is 19.4. The molecule has 3 rings (SSSR count). The summed E-state index contributed by atoms with van der Waals surface area (Å²) in [7, 11) is 2.06. The lowest BCUT2D eigenvalue weighted by atomic mass is 10.0. The van der Waals surface area contributed by atoms with Gasteiger partial charge in [-0.1, -0.05) is 26.5 Å². The van der Waals surface area contributed by atoms with E-state index in [4.69, 9.17) is 5.41 Å². The van der Waals surface area contributed by atoms with Gasteiger partial charge in [0, 0.05) is 48.5 Å². The Hall–Kier alpha value is -3.39. The van der Waals surface area contributed by atoms with Crippen molar-refractivity contribution in [3.63, 3.8) is 0 Å². The Morgan fingerprint density at radius 2 is 1.74 bits per heavy atom. The second-order valence-electron chi connectivity index (χ2n) is 7.84. The van der Waals surface area contributed by atoms with Crippen molar-refractivity contribution < 1.29 is 13.2 Å². The molecule has 5 nitrogen and oxygen atoms in total. The minimum atomic E-state index is -4.40. The van der Waals surface area contributed by atoms with E-state index in [2.05, 4.69) is 24.2 Å². The summed E-state index contributed by atoms with van der Waals surface area (Å²) in [5.41, 5.74) is 2.09. The van der Waals surface area contributed by atoms with Gasteiger partial charge in [-0.15, -0.1) is 0 Å². The zero-order valence-electron chi connectivity index (χ0n) is 18.6. The lowest BCUT2D eigenvalue weighted by Crippen LogP contribution is -2.26. The molecule has 2 N–H and O–H groups in total. The van der Waals surface area contributed by atoms with Crippen LogP contribution in [0.25, 0.3) is 16.8 Å². The van der Waals surface area contributed by atoms with Gasteiger partial charge in [-0.05, 0) is 67.5 Å². The van der Waals surface area contributed by atoms with E-state index in [0.29, 0.717) is 22.4 Å². The molecule has 0 atom stereocenters. The molecule has 2 aromatic carbocycles. The first-order valence-corrected chi connectivity index (χ1v) is 10.7. The van der Waals surface area contributed by atoms with Crippen molar-refractivity contribution in [3.05, 3.63) is 82.3 Å². The Bertz CT molecular complexity index is 1150. The average Bonchev–Trinajstić information content (AvgIpc) is 2.79. The van der Waals surface area contributed by atoms with Crippen LogP contribution in [0, 0.1) is 5.41 Å². The van der Waals surface area contributed by atoms with Gasteiger partial charge in [-0.25, -0.2) is 0 Å². The predicted octanol–water partition coefficient (Wildman–Crippen LogP) is 5.91. The zero-order valence-corrected chi connectivity index (χ0v) is 18.6. The molecule has 182 valence electrons. The first-order valence-electron chi connectivity index (χ1n) is 10.7. The molecule has 0 bridgehead atoms. The molecule has 0 amide bonds. The lowest BCUT2D eigenvalue weighted by Gasteiger charge is -2.17. The quantitative estimate of drug-likeness (QED) is 0.381. The van der Waals surface area contributed by atoms with Gasteiger partial charge in [-0.2, -0.15) is 13.2 Å². The van der Waals surface area contributed by atoms with E-state index in [1.807, 2.05) is 6.07 Å². The Kier molecular flexibility index (Phi) is 9.20. The molecule has 1 heterocycles. The SMILES string of the molecule is C.CCCN(C)CCNc1ccc(-n2ccc(-c3ccc(C(F)(F)F)cc3)cc2=O)cc1C=N. The Labute approximate surface area is 198 Å². The summed E-state index contributed by atoms with van der Waals surface area (Å²) in [6, 6.07) is 13.2. The van der Waals surface area contributed by atoms with Gasteiger partial charge in [0.25, 0.3) is 5.56 Å². The second kappa shape index (κ2) is 11.7. The van der Waals surface area contributed by atoms with E-state index < -0.39 is 11.7 Å². The number of anilines is 1. The summed E-state index contributed by atoms with van der Waals surface area (Å²) in [5.74, 6) is 0. The van der Waals surface area contributed by atoms with Crippen LogP contribution in [-0.2, 0) is 6.18 Å². The molecule has 0 aliphatic heterocycles. The van der Waals surface area contributed by atoms with Crippen LogP contribution in [0.15, 0.2) is 65.6 Å². The summed E-state index contributed by atoms with van der Waals surface area (Å²) < 4.78 is 39.8. The third kappa shape index (κ3) is 6.57. The van der Waals surface area contributed by atoms with E-state index in [0.717, 1.165) is 43.9 Å². The van der Waals surface area contributed by atoms with Gasteiger partial charge in [-0.3, -0.25) is 9.36 Å². The molecular weight excluding hydrogens is 441 g/mol. The van der Waals surface area contributed by atoms with E-state index in [9.17, 15) is 18.0 Å². The van der Waals surface area contributed by atoms with Crippen molar-refractivity contribution in [3.8, 4) is 16.8 Å². The maximum absolute atomic E-state index is 12.8. The monoisotopic (exact) mass is 472 g/mol. The van der Waals surface area contributed by atoms with Gasteiger partial charge in [0.2, 0.25) is 0 Å². The van der Waals surface area contributed by atoms with E-state index >= 15 is 0 Å². The molecule has 0 saturated carbocycles. The van der Waals surface area contributed by atoms with Crippen molar-refractivity contribution in [2.24, 2.45) is 0 Å². The van der Waals surface area contributed by atoms with Crippen LogP contribution in [0.4, 0.5) is 18.9 Å². The number of likely N-dealkylation sites (N-methyl/N-ethyl adjacent to an activating group) is 1. The van der Waals surface area contributed by atoms with E-state index in [-0.39, 0.29) is 13.0 Å². The molecule has 0 spiro atoms. The topological polar surface area (TPSA) is 61.1 Å². The first-order chi connectivity index (χ1) is 15.7. The molecule has 3 aromatic rings. The molecule has 0 aliphatic carbocycles. The fourth-order valence-electron chi connectivity index (χ4n) is 3.58. The minimum Gasteiger partial charge on any atom is -0.383 e. The Morgan fingerprint density at radius 3 is 2.32 bits per heavy atom. The van der Waals surface area contributed by atoms with Crippen LogP contribution in [0.2, 0.25) is 0 Å². The van der Waals surface area contributed by atoms with Crippen molar-refractivity contribution in [1.82, 2.24) is 9.47 Å². The lowest BCUT2D eigenvalue weighted by molar-refractivity contribution is -0.137. The second-order valence-corrected chi connectivity index (χ2v) is 7.84. The number of benzene rings is 2. The number of hydrogen-bond acceptors (Lipinski definition) is 4. The molecular formula is C26H31F3N4O. The standard InChI is InChI=1S/C25H27F3N4O.CH4/c1-3-12-31(2)14-11-30-23-9-8-22(15-20(23)17-29)32-13-10-19(16-24(32)33)18-4-6-21(7-5-18)25(26,27)28;/h4-10,13,15-17,29-30H,3,11-12,14H2,1-2H3;1H4. The average molecular weight is 473 g/mol. The van der Waals surface area contributed by atoms with Gasteiger partial charge in [0.15, 0.2) is 0 Å². The molecule has 8 heteroatoms. The highest BCUT2D eigenvalue weighted by molar-refractivity contribution is 5.86. The molecule has 0 aliphatic rings. The maximum atomic E-state index is 12.8. The largest absolute Gasteiger partial charge is 0.416 e. The van der Waals surface area contributed by atoms with Crippen LogP contribution >= 0.6 is 0 Å². The highest BCUT2D eigenvalue weighted by Gasteiger charge is 2.29. The Morgan fingerprint density at radius 1 is 1.03 bits per heavy atom. The van der Waals surface area contributed by atoms with Crippen molar-refractivity contribution in [1.29, 1.82) is 5.41 Å². The fraction of sp³-hybridized carbons (Fsp3) is 0.308. The highest BCUT2D eigenvalue weighted by Crippen LogP contribution is 2.30. The predicted molar refractivity (Wildman–Crippen MR) is 133 cm³/mol. The molecule has 1 aromatic heterocycles. The van der Waals surface area contributed by atoms with Gasteiger partial charge in [0.05, 0.1) is 5.56 Å². The summed E-state index contributed by atoms with van der Waals surface area (Å²) in [6.45, 7) is 4.76. The molecule has 34 heavy (non-hydrogen) atoms. The van der Waals surface area contributed by atoms with Crippen molar-refractivity contribution >= 4 is 11.9 Å². The van der Waals surface area contributed by atoms with Gasteiger partial charge in [0.1, 0.15) is 0 Å². The van der Waals surface area contributed by atoms with E-state index in [1.165, 1.54) is 29.0 Å². The number of halogens is 3. The third-order valence-electron chi connectivity index (χ3n) is 5.35. The number of alkyl halides is 3. The van der Waals surface area contributed by atoms with Crippen LogP contribution in [0.3, 0.4) is 0 Å². The number of nitrogens with one attached hydrogen (secondary N) is 2. The molecule has 0 radical (unpaired) electrons. The molecule has 0 fully saturated rings. The third-order valence-corrected chi connectivity index (χ3v) is 5.35. The summed E-state index contributed by atoms with van der Waals surface area (Å²) in [4.78, 5) is 15.0. The Balaban J connectivity index is 0.00000408. The number of pyridine rings is 1. The minimum absolute atomic E-state index is 0. The summed E-state index contributed by atoms with van der Waals surface area (Å²) >= 11 is 0. The number of nitrogens with zero attached hydrogens (tertiary/aromatic N) is 2. The summed E-state index contributed by atoms with van der Waals surface area (Å²) in [5, 5.41) is 11.1. The van der Waals surface area contributed by atoms with E-state index in [1.54, 1.807) is 24.4 Å². The number of aromatic nitrogens is 1. The molecule has 0 saturated heterocycles. The first kappa shape index (κ1) is 26.9. The van der Waals surface area contributed by atoms with Crippen LogP contribution in [-0.4, -0.2) is 42.4 Å². The van der Waals surface area contributed by atoms with Crippen LogP contribution in [0.1, 0.15) is 31.9 Å². The summed E-state index contributed by atoms with van der Waals surface area (Å²) in [6.07, 6.45) is -0.487. The maximum Gasteiger partial charge on any atom is 0.416 e. The van der Waals surface area contributed by atoms with Crippen LogP contribution in [0.5, 0.6) is 0 Å². The number of hydrogen-bond donors (Lipinski definition) is 2. The smallest absolute Gasteiger partial charge is 0.383 e. The molecule has 0 unspecified atom stereocenters. The number of rotatable bonds is 9. The van der Waals surface area contributed by atoms with Gasteiger partial charge < -0.3 is 15.6 Å². The zero-order chi connectivity index (χ0) is 24.0.